The molecule has 6 nitrogen and oxygen atoms in total. The summed E-state index contributed by atoms with van der Waals surface area (Å²) in [5.74, 6) is 0.595. The van der Waals surface area contributed by atoms with E-state index in [2.05, 4.69) is 15.3 Å². The van der Waals surface area contributed by atoms with E-state index in [1.165, 1.54) is 0 Å². The highest BCUT2D eigenvalue weighted by molar-refractivity contribution is 6.61. The number of rotatable bonds is 2. The second-order valence-electron chi connectivity index (χ2n) is 5.99. The van der Waals surface area contributed by atoms with Crippen LogP contribution in [0.2, 0.25) is 5.15 Å². The van der Waals surface area contributed by atoms with E-state index in [0.717, 1.165) is 0 Å². The van der Waals surface area contributed by atoms with Gasteiger partial charge in [-0.2, -0.15) is 0 Å². The second kappa shape index (κ2) is 4.79. The van der Waals surface area contributed by atoms with Crippen LogP contribution in [0.1, 0.15) is 27.7 Å². The van der Waals surface area contributed by atoms with Crippen LogP contribution in [0.5, 0.6) is 0 Å². The predicted octanol–water partition coefficient (Wildman–Crippen LogP) is 1.61. The van der Waals surface area contributed by atoms with E-state index in [4.69, 9.17) is 20.9 Å². The van der Waals surface area contributed by atoms with Gasteiger partial charge in [0.05, 0.1) is 17.4 Å². The lowest BCUT2D eigenvalue weighted by atomic mass is 9.86. The monoisotopic (exact) mass is 306 g/mol. The average molecular weight is 307 g/mol. The van der Waals surface area contributed by atoms with E-state index in [0.29, 0.717) is 16.6 Å². The fraction of sp³-hybridized carbons (Fsp3) is 0.462. The van der Waals surface area contributed by atoms with Crippen molar-refractivity contribution in [3.63, 3.8) is 0 Å². The van der Waals surface area contributed by atoms with Gasteiger partial charge in [-0.3, -0.25) is 0 Å². The quantitative estimate of drug-likeness (QED) is 0.623. The fourth-order valence-electron chi connectivity index (χ4n) is 1.99. The van der Waals surface area contributed by atoms with Crippen LogP contribution in [-0.4, -0.2) is 38.3 Å². The molecule has 3 heterocycles. The molecule has 21 heavy (non-hydrogen) atoms. The molecule has 0 aliphatic carbocycles. The highest BCUT2D eigenvalue weighted by Gasteiger charge is 2.52. The molecule has 0 saturated carbocycles. The van der Waals surface area contributed by atoms with Crippen molar-refractivity contribution in [3.05, 3.63) is 29.5 Å². The number of hydrogen-bond acceptors (Lipinski definition) is 5. The van der Waals surface area contributed by atoms with Crippen LogP contribution in [0.25, 0.3) is 5.82 Å². The van der Waals surface area contributed by atoms with E-state index in [9.17, 15) is 0 Å². The number of halogens is 1. The molecule has 1 aliphatic rings. The maximum Gasteiger partial charge on any atom is 0.518 e. The van der Waals surface area contributed by atoms with Gasteiger partial charge in [-0.25, -0.2) is 9.67 Å². The zero-order valence-corrected chi connectivity index (χ0v) is 13.1. The lowest BCUT2D eigenvalue weighted by Crippen LogP contribution is -2.41. The Morgan fingerprint density at radius 1 is 1.14 bits per heavy atom. The SMILES string of the molecule is CC1(C)OB(c2cn(-c3cccc(Cl)n3)nn2)OC1(C)C. The third-order valence-electron chi connectivity index (χ3n) is 3.94. The summed E-state index contributed by atoms with van der Waals surface area (Å²) < 4.78 is 13.4. The summed E-state index contributed by atoms with van der Waals surface area (Å²) in [6.45, 7) is 7.98. The van der Waals surface area contributed by atoms with Gasteiger partial charge in [-0.15, -0.1) is 5.10 Å². The van der Waals surface area contributed by atoms with Gasteiger partial charge in [0, 0.05) is 0 Å². The van der Waals surface area contributed by atoms with Gasteiger partial charge in [0.1, 0.15) is 10.7 Å². The summed E-state index contributed by atoms with van der Waals surface area (Å²) in [4.78, 5) is 4.18. The molecule has 1 saturated heterocycles. The molecule has 0 amide bonds. The Bertz CT molecular complexity index is 658. The van der Waals surface area contributed by atoms with Crippen molar-refractivity contribution < 1.29 is 9.31 Å². The molecule has 0 spiro atoms. The third kappa shape index (κ3) is 2.56. The van der Waals surface area contributed by atoms with Crippen LogP contribution in [0.15, 0.2) is 24.4 Å². The number of nitrogens with zero attached hydrogens (tertiary/aromatic N) is 4. The highest BCUT2D eigenvalue weighted by atomic mass is 35.5. The molecular formula is C13H16BClN4O2. The lowest BCUT2D eigenvalue weighted by Gasteiger charge is -2.32. The number of aromatic nitrogens is 4. The number of pyridine rings is 1. The van der Waals surface area contributed by atoms with Crippen molar-refractivity contribution in [3.8, 4) is 5.82 Å². The van der Waals surface area contributed by atoms with Crippen molar-refractivity contribution in [1.82, 2.24) is 20.0 Å². The van der Waals surface area contributed by atoms with Crippen LogP contribution in [0.3, 0.4) is 0 Å². The minimum atomic E-state index is -0.539. The average Bonchev–Trinajstić information content (AvgIpc) is 2.93. The zero-order valence-electron chi connectivity index (χ0n) is 12.4. The van der Waals surface area contributed by atoms with Crippen LogP contribution >= 0.6 is 11.6 Å². The van der Waals surface area contributed by atoms with Gasteiger partial charge in [0.2, 0.25) is 0 Å². The lowest BCUT2D eigenvalue weighted by molar-refractivity contribution is 0.00578. The topological polar surface area (TPSA) is 62.1 Å². The van der Waals surface area contributed by atoms with Crippen molar-refractivity contribution in [2.45, 2.75) is 38.9 Å². The largest absolute Gasteiger partial charge is 0.518 e. The molecule has 3 rings (SSSR count). The molecule has 1 aliphatic heterocycles. The van der Waals surface area contributed by atoms with Crippen LogP contribution in [-0.2, 0) is 9.31 Å². The Balaban J connectivity index is 1.87. The van der Waals surface area contributed by atoms with Crippen LogP contribution in [0, 0.1) is 0 Å². The standard InChI is InChI=1S/C13H16BClN4O2/c1-12(2)13(3,4)21-14(20-12)9-8-19(18-17-9)11-7-5-6-10(15)16-11/h5-8H,1-4H3. The Morgan fingerprint density at radius 3 is 2.43 bits per heavy atom. The summed E-state index contributed by atoms with van der Waals surface area (Å²) >= 11 is 5.88. The Hall–Kier alpha value is -1.44. The van der Waals surface area contributed by atoms with Gasteiger partial charge < -0.3 is 9.31 Å². The van der Waals surface area contributed by atoms with E-state index in [1.807, 2.05) is 27.7 Å². The molecule has 0 bridgehead atoms. The smallest absolute Gasteiger partial charge is 0.398 e. The van der Waals surface area contributed by atoms with Gasteiger partial charge in [0.15, 0.2) is 5.82 Å². The van der Waals surface area contributed by atoms with Gasteiger partial charge in [0.25, 0.3) is 0 Å². The molecule has 2 aromatic rings. The first-order valence-corrected chi connectivity index (χ1v) is 7.07. The van der Waals surface area contributed by atoms with Crippen molar-refractivity contribution >= 4 is 24.3 Å². The number of hydrogen-bond donors (Lipinski definition) is 0. The summed E-state index contributed by atoms with van der Waals surface area (Å²) in [5.41, 5.74) is -0.207. The van der Waals surface area contributed by atoms with E-state index in [-0.39, 0.29) is 0 Å². The Morgan fingerprint density at radius 2 is 1.81 bits per heavy atom. The summed E-state index contributed by atoms with van der Waals surface area (Å²) in [6, 6.07) is 5.31. The van der Waals surface area contributed by atoms with Gasteiger partial charge in [-0.05, 0) is 39.8 Å². The first kappa shape index (κ1) is 14.5. The van der Waals surface area contributed by atoms with Crippen LogP contribution < -0.4 is 5.59 Å². The molecule has 2 aromatic heterocycles. The Kier molecular flexibility index (Phi) is 3.31. The normalized spacial score (nSPS) is 20.0. The first-order chi connectivity index (χ1) is 9.78. The maximum absolute atomic E-state index is 5.94. The molecule has 0 unspecified atom stereocenters. The second-order valence-corrected chi connectivity index (χ2v) is 6.38. The maximum atomic E-state index is 5.94. The van der Waals surface area contributed by atoms with Crippen molar-refractivity contribution in [1.29, 1.82) is 0 Å². The van der Waals surface area contributed by atoms with E-state index >= 15 is 0 Å². The Labute approximate surface area is 128 Å². The molecule has 0 N–H and O–H groups in total. The molecule has 8 heteroatoms. The molecule has 1 fully saturated rings. The van der Waals surface area contributed by atoms with Crippen LogP contribution in [0.4, 0.5) is 0 Å². The third-order valence-corrected chi connectivity index (χ3v) is 4.15. The molecule has 0 atom stereocenters. The van der Waals surface area contributed by atoms with Crippen molar-refractivity contribution in [2.75, 3.05) is 0 Å². The zero-order chi connectivity index (χ0) is 15.3. The van der Waals surface area contributed by atoms with Gasteiger partial charge in [-0.1, -0.05) is 22.9 Å². The summed E-state index contributed by atoms with van der Waals surface area (Å²) in [5, 5.41) is 8.57. The van der Waals surface area contributed by atoms with Crippen molar-refractivity contribution in [2.24, 2.45) is 0 Å². The summed E-state index contributed by atoms with van der Waals surface area (Å²) in [6.07, 6.45) is 1.74. The molecule has 110 valence electrons. The summed E-state index contributed by atoms with van der Waals surface area (Å²) in [7, 11) is -0.539. The minimum Gasteiger partial charge on any atom is -0.398 e. The molecule has 0 aromatic carbocycles. The molecular weight excluding hydrogens is 290 g/mol. The van der Waals surface area contributed by atoms with E-state index < -0.39 is 18.3 Å². The first-order valence-electron chi connectivity index (χ1n) is 6.69. The minimum absolute atomic E-state index is 0.403. The molecule has 0 radical (unpaired) electrons. The predicted molar refractivity (Wildman–Crippen MR) is 79.9 cm³/mol. The van der Waals surface area contributed by atoms with E-state index in [1.54, 1.807) is 29.1 Å². The van der Waals surface area contributed by atoms with Gasteiger partial charge >= 0.3 is 7.12 Å². The highest BCUT2D eigenvalue weighted by Crippen LogP contribution is 2.36. The fourth-order valence-corrected chi connectivity index (χ4v) is 2.14.